The Bertz CT molecular complexity index is 1690. The number of hydrogen-bond acceptors (Lipinski definition) is 8. The maximum absolute atomic E-state index is 13.4. The Labute approximate surface area is 236 Å². The number of aromatic nitrogens is 2. The van der Waals surface area contributed by atoms with Gasteiger partial charge in [-0.15, -0.1) is 0 Å². The molecule has 1 aromatic heterocycles. The molecule has 0 aliphatic heterocycles. The monoisotopic (exact) mass is 580 g/mol. The summed E-state index contributed by atoms with van der Waals surface area (Å²) in [6.45, 7) is 4.00. The SMILES string of the molecule is C=C/C=C(\OC=NCCS(C)(=O)=O)c1ccc2ncnc(Nc3ccc(OCc4cccc(F)c4)c(Cl)c3)c2c1. The molecule has 0 aliphatic rings. The van der Waals surface area contributed by atoms with E-state index in [0.717, 1.165) is 11.6 Å². The van der Waals surface area contributed by atoms with Gasteiger partial charge < -0.3 is 14.8 Å². The number of anilines is 2. The fraction of sp³-hybridized carbons (Fsp3) is 0.138. The molecule has 0 unspecified atom stereocenters. The maximum atomic E-state index is 13.4. The third-order valence-corrected chi connectivity index (χ3v) is 6.73. The third-order valence-electron chi connectivity index (χ3n) is 5.51. The van der Waals surface area contributed by atoms with Crippen LogP contribution in [0.4, 0.5) is 15.9 Å². The molecule has 0 radical (unpaired) electrons. The van der Waals surface area contributed by atoms with Crippen molar-refractivity contribution >= 4 is 56.0 Å². The van der Waals surface area contributed by atoms with Gasteiger partial charge in [0.15, 0.2) is 6.40 Å². The summed E-state index contributed by atoms with van der Waals surface area (Å²) in [6.07, 6.45) is 7.06. The van der Waals surface area contributed by atoms with E-state index in [1.165, 1.54) is 24.9 Å². The number of fused-ring (bicyclic) bond motifs is 1. The van der Waals surface area contributed by atoms with E-state index < -0.39 is 9.84 Å². The Morgan fingerprint density at radius 1 is 1.15 bits per heavy atom. The van der Waals surface area contributed by atoms with Crippen molar-refractivity contribution in [3.8, 4) is 5.75 Å². The first kappa shape index (κ1) is 28.7. The van der Waals surface area contributed by atoms with Crippen LogP contribution in [-0.2, 0) is 21.2 Å². The molecule has 3 aromatic carbocycles. The highest BCUT2D eigenvalue weighted by Gasteiger charge is 2.11. The topological polar surface area (TPSA) is 103 Å². The van der Waals surface area contributed by atoms with Gasteiger partial charge in [-0.2, -0.15) is 0 Å². The van der Waals surface area contributed by atoms with E-state index in [1.807, 2.05) is 18.2 Å². The molecule has 0 saturated carbocycles. The lowest BCUT2D eigenvalue weighted by Gasteiger charge is -2.13. The minimum absolute atomic E-state index is 0.0696. The van der Waals surface area contributed by atoms with Crippen LogP contribution in [0.25, 0.3) is 16.7 Å². The zero-order chi connectivity index (χ0) is 28.5. The zero-order valence-electron chi connectivity index (χ0n) is 21.6. The number of hydrogen-bond donors (Lipinski definition) is 1. The molecule has 0 saturated heterocycles. The van der Waals surface area contributed by atoms with Crippen LogP contribution >= 0.6 is 11.6 Å². The zero-order valence-corrected chi connectivity index (χ0v) is 23.1. The van der Waals surface area contributed by atoms with E-state index in [0.29, 0.717) is 44.7 Å². The number of halogens is 2. The lowest BCUT2D eigenvalue weighted by atomic mass is 10.1. The molecule has 1 N–H and O–H groups in total. The van der Waals surface area contributed by atoms with Crippen molar-refractivity contribution in [3.63, 3.8) is 0 Å². The van der Waals surface area contributed by atoms with Crippen LogP contribution in [0.3, 0.4) is 0 Å². The Morgan fingerprint density at radius 3 is 2.75 bits per heavy atom. The van der Waals surface area contributed by atoms with Crippen molar-refractivity contribution in [2.45, 2.75) is 6.61 Å². The maximum Gasteiger partial charge on any atom is 0.176 e. The van der Waals surface area contributed by atoms with Gasteiger partial charge in [0, 0.05) is 22.9 Å². The summed E-state index contributed by atoms with van der Waals surface area (Å²) < 4.78 is 47.4. The Morgan fingerprint density at radius 2 is 2.00 bits per heavy atom. The molecule has 11 heteroatoms. The summed E-state index contributed by atoms with van der Waals surface area (Å²) in [5, 5.41) is 4.36. The fourth-order valence-electron chi connectivity index (χ4n) is 3.61. The number of ether oxygens (including phenoxy) is 2. The van der Waals surface area contributed by atoms with Crippen molar-refractivity contribution in [2.75, 3.05) is 23.9 Å². The normalized spacial score (nSPS) is 12.0. The summed E-state index contributed by atoms with van der Waals surface area (Å²) in [7, 11) is -3.11. The number of sulfone groups is 1. The highest BCUT2D eigenvalue weighted by molar-refractivity contribution is 7.90. The van der Waals surface area contributed by atoms with Gasteiger partial charge >= 0.3 is 0 Å². The Kier molecular flexibility index (Phi) is 9.47. The van der Waals surface area contributed by atoms with Crippen LogP contribution in [-0.4, -0.2) is 43.3 Å². The lowest BCUT2D eigenvalue weighted by Crippen LogP contribution is -2.06. The molecule has 4 aromatic rings. The summed E-state index contributed by atoms with van der Waals surface area (Å²) >= 11 is 6.46. The van der Waals surface area contributed by atoms with Crippen molar-refractivity contribution in [2.24, 2.45) is 4.99 Å². The minimum atomic E-state index is -3.11. The van der Waals surface area contributed by atoms with Crippen LogP contribution in [0.15, 0.2) is 90.7 Å². The van der Waals surface area contributed by atoms with E-state index in [2.05, 4.69) is 26.9 Å². The predicted octanol–water partition coefficient (Wildman–Crippen LogP) is 6.36. The molecular formula is C29H26ClFN4O4S. The van der Waals surface area contributed by atoms with Gasteiger partial charge in [0.05, 0.1) is 22.8 Å². The van der Waals surface area contributed by atoms with Gasteiger partial charge in [-0.3, -0.25) is 4.99 Å². The van der Waals surface area contributed by atoms with E-state index in [4.69, 9.17) is 21.1 Å². The smallest absolute Gasteiger partial charge is 0.176 e. The fourth-order valence-corrected chi connectivity index (χ4v) is 4.28. The van der Waals surface area contributed by atoms with Crippen LogP contribution in [0.1, 0.15) is 11.1 Å². The van der Waals surface area contributed by atoms with E-state index in [1.54, 1.807) is 42.5 Å². The van der Waals surface area contributed by atoms with Gasteiger partial charge in [0.2, 0.25) is 0 Å². The second-order valence-electron chi connectivity index (χ2n) is 8.67. The summed E-state index contributed by atoms with van der Waals surface area (Å²) in [6, 6.07) is 16.9. The second-order valence-corrected chi connectivity index (χ2v) is 11.3. The average molecular weight is 581 g/mol. The lowest BCUT2D eigenvalue weighted by molar-refractivity contribution is 0.306. The second kappa shape index (κ2) is 13.2. The summed E-state index contributed by atoms with van der Waals surface area (Å²) in [5.74, 6) is 1.05. The number of nitrogens with zero attached hydrogens (tertiary/aromatic N) is 3. The molecule has 8 nitrogen and oxygen atoms in total. The first-order valence-corrected chi connectivity index (χ1v) is 14.5. The molecule has 0 atom stereocenters. The quantitative estimate of drug-likeness (QED) is 0.0900. The number of benzene rings is 3. The standard InChI is InChI=1S/C29H26ClFN4O4S/c1-3-5-27(39-19-32-12-13-40(2,36)37)21-8-10-26-24(15-21)29(34-18-33-26)35-23-9-11-28(25(30)16-23)38-17-20-6-4-7-22(31)14-20/h3-11,14-16,18-19H,1,12-13,17H2,2H3,(H,33,34,35)/b27-5-,32-19?. The van der Waals surface area contributed by atoms with Crippen molar-refractivity contribution in [1.29, 1.82) is 0 Å². The van der Waals surface area contributed by atoms with Crippen molar-refractivity contribution < 1.29 is 22.3 Å². The first-order valence-electron chi connectivity index (χ1n) is 12.1. The molecule has 40 heavy (non-hydrogen) atoms. The van der Waals surface area contributed by atoms with E-state index >= 15 is 0 Å². The first-order chi connectivity index (χ1) is 19.2. The highest BCUT2D eigenvalue weighted by Crippen LogP contribution is 2.32. The summed E-state index contributed by atoms with van der Waals surface area (Å²) in [5.41, 5.74) is 2.77. The van der Waals surface area contributed by atoms with Crippen LogP contribution in [0, 0.1) is 5.82 Å². The van der Waals surface area contributed by atoms with Gasteiger partial charge in [-0.05, 0) is 60.2 Å². The van der Waals surface area contributed by atoms with Gasteiger partial charge in [-0.25, -0.2) is 22.8 Å². The van der Waals surface area contributed by atoms with Gasteiger partial charge in [-0.1, -0.05) is 36.4 Å². The Hall–Kier alpha value is -4.28. The molecule has 0 amide bonds. The molecular weight excluding hydrogens is 555 g/mol. The predicted molar refractivity (Wildman–Crippen MR) is 157 cm³/mol. The van der Waals surface area contributed by atoms with Crippen LogP contribution in [0.5, 0.6) is 5.75 Å². The highest BCUT2D eigenvalue weighted by atomic mass is 35.5. The molecule has 1 heterocycles. The van der Waals surface area contributed by atoms with Crippen molar-refractivity contribution in [1.82, 2.24) is 9.97 Å². The third kappa shape index (κ3) is 8.11. The molecule has 0 spiro atoms. The summed E-state index contributed by atoms with van der Waals surface area (Å²) in [4.78, 5) is 12.8. The van der Waals surface area contributed by atoms with E-state index in [9.17, 15) is 12.8 Å². The molecule has 0 fully saturated rings. The molecule has 206 valence electrons. The number of aliphatic imine (C=N–C) groups is 1. The molecule has 0 aliphatic carbocycles. The van der Waals surface area contributed by atoms with E-state index in [-0.39, 0.29) is 24.7 Å². The number of allylic oxidation sites excluding steroid dienone is 2. The van der Waals surface area contributed by atoms with Crippen LogP contribution < -0.4 is 10.1 Å². The van der Waals surface area contributed by atoms with Crippen molar-refractivity contribution in [3.05, 3.63) is 108 Å². The largest absolute Gasteiger partial charge is 0.487 e. The van der Waals surface area contributed by atoms with Gasteiger partial charge in [0.25, 0.3) is 0 Å². The number of nitrogens with one attached hydrogen (secondary N) is 1. The Balaban J connectivity index is 1.51. The molecule has 4 rings (SSSR count). The average Bonchev–Trinajstić information content (AvgIpc) is 2.91. The minimum Gasteiger partial charge on any atom is -0.487 e. The number of rotatable bonds is 12. The molecule has 0 bridgehead atoms. The van der Waals surface area contributed by atoms with Crippen LogP contribution in [0.2, 0.25) is 5.02 Å². The van der Waals surface area contributed by atoms with Gasteiger partial charge in [0.1, 0.15) is 45.9 Å².